The van der Waals surface area contributed by atoms with Crippen LogP contribution in [0.2, 0.25) is 0 Å². The number of benzene rings is 2. The van der Waals surface area contributed by atoms with Gasteiger partial charge in [0.2, 0.25) is 0 Å². The number of halogens is 1. The Morgan fingerprint density at radius 3 is 2.65 bits per heavy atom. The maximum absolute atomic E-state index is 15.2. The predicted octanol–water partition coefficient (Wildman–Crippen LogP) is 2.27. The minimum Gasteiger partial charge on any atom is -0.493 e. The molecule has 3 aromatic rings. The number of aromatic nitrogens is 2. The van der Waals surface area contributed by atoms with Crippen molar-refractivity contribution >= 4 is 17.6 Å². The van der Waals surface area contributed by atoms with Gasteiger partial charge in [-0.2, -0.15) is 0 Å². The molecule has 0 unspecified atom stereocenters. The molecule has 210 valence electrons. The largest absolute Gasteiger partial charge is 0.493 e. The van der Waals surface area contributed by atoms with Gasteiger partial charge in [0.15, 0.2) is 41.2 Å². The van der Waals surface area contributed by atoms with Gasteiger partial charge in [-0.15, -0.1) is 0 Å². The van der Waals surface area contributed by atoms with E-state index < -0.39 is 23.9 Å². The van der Waals surface area contributed by atoms with Crippen molar-refractivity contribution in [2.24, 2.45) is 0 Å². The topological polar surface area (TPSA) is 124 Å². The molecule has 1 fully saturated rings. The first kappa shape index (κ1) is 27.0. The van der Waals surface area contributed by atoms with E-state index >= 15 is 4.39 Å². The number of fused-ring (bicyclic) bond motifs is 7. The molecule has 3 aliphatic heterocycles. The number of nitrogens with zero attached hydrogens (tertiary/aromatic N) is 3. The number of methoxy groups -OCH3 is 2. The fraction of sp³-hybridized carbons (Fsp3) is 0.357. The van der Waals surface area contributed by atoms with Crippen LogP contribution in [0.5, 0.6) is 23.0 Å². The number of amides is 2. The van der Waals surface area contributed by atoms with E-state index in [0.29, 0.717) is 34.9 Å². The van der Waals surface area contributed by atoms with E-state index in [4.69, 9.17) is 18.9 Å². The number of nitrogens with one attached hydrogen (secondary N) is 2. The van der Waals surface area contributed by atoms with Crippen LogP contribution >= 0.6 is 0 Å². The molecule has 40 heavy (non-hydrogen) atoms. The van der Waals surface area contributed by atoms with Crippen molar-refractivity contribution in [3.05, 3.63) is 65.4 Å². The molecule has 1 saturated heterocycles. The van der Waals surface area contributed by atoms with Crippen LogP contribution in [0.4, 0.5) is 10.2 Å². The highest BCUT2D eigenvalue weighted by Gasteiger charge is 2.38. The Morgan fingerprint density at radius 1 is 1.05 bits per heavy atom. The maximum Gasteiger partial charge on any atom is 0.258 e. The zero-order valence-corrected chi connectivity index (χ0v) is 22.4. The van der Waals surface area contributed by atoms with E-state index in [1.54, 1.807) is 35.2 Å². The SMILES string of the molecule is CCc1ncnc(N2C[C@@H]3NC(=O)c4ccc(OC)c(c4)OCC(=O)NCc4ccc(c(OC)c4)O[C@H]3C2)c1F. The van der Waals surface area contributed by atoms with Crippen LogP contribution in [0.25, 0.3) is 0 Å². The van der Waals surface area contributed by atoms with Crippen LogP contribution in [-0.4, -0.2) is 67.8 Å². The van der Waals surface area contributed by atoms with Crippen molar-refractivity contribution in [3.8, 4) is 23.0 Å². The van der Waals surface area contributed by atoms with Crippen molar-refractivity contribution in [1.82, 2.24) is 20.6 Å². The second-order valence-corrected chi connectivity index (χ2v) is 9.37. The van der Waals surface area contributed by atoms with Gasteiger partial charge in [0.05, 0.1) is 32.5 Å². The molecular weight excluding hydrogens is 521 g/mol. The minimum atomic E-state index is -0.576. The van der Waals surface area contributed by atoms with Crippen LogP contribution in [0, 0.1) is 5.82 Å². The summed E-state index contributed by atoms with van der Waals surface area (Å²) in [6.07, 6.45) is 1.18. The molecule has 2 N–H and O–H groups in total. The van der Waals surface area contributed by atoms with Gasteiger partial charge in [0.1, 0.15) is 12.4 Å². The van der Waals surface area contributed by atoms with Crippen LogP contribution in [-0.2, 0) is 17.8 Å². The van der Waals surface area contributed by atoms with Gasteiger partial charge >= 0.3 is 0 Å². The summed E-state index contributed by atoms with van der Waals surface area (Å²) in [5.41, 5.74) is 1.39. The monoisotopic (exact) mass is 551 g/mol. The number of hydrogen-bond donors (Lipinski definition) is 2. The highest BCUT2D eigenvalue weighted by Crippen LogP contribution is 2.33. The number of carbonyl (C=O) groups is 2. The fourth-order valence-corrected chi connectivity index (χ4v) is 4.73. The molecule has 2 aromatic carbocycles. The zero-order valence-electron chi connectivity index (χ0n) is 22.4. The van der Waals surface area contributed by atoms with E-state index in [1.807, 2.05) is 6.92 Å². The minimum absolute atomic E-state index is 0.150. The molecule has 12 heteroatoms. The molecule has 4 bridgehead atoms. The second kappa shape index (κ2) is 11.6. The lowest BCUT2D eigenvalue weighted by atomic mass is 10.1. The van der Waals surface area contributed by atoms with E-state index in [0.717, 1.165) is 5.56 Å². The number of ether oxygens (including phenoxy) is 4. The highest BCUT2D eigenvalue weighted by molar-refractivity contribution is 5.95. The van der Waals surface area contributed by atoms with Crippen LogP contribution in [0.1, 0.15) is 28.5 Å². The summed E-state index contributed by atoms with van der Waals surface area (Å²) in [7, 11) is 2.99. The normalized spacial score (nSPS) is 19.1. The third kappa shape index (κ3) is 5.56. The van der Waals surface area contributed by atoms with Gasteiger partial charge in [0.25, 0.3) is 11.8 Å². The number of hydrogen-bond acceptors (Lipinski definition) is 9. The molecule has 0 aliphatic carbocycles. The lowest BCUT2D eigenvalue weighted by Gasteiger charge is -2.22. The van der Waals surface area contributed by atoms with Crippen LogP contribution < -0.4 is 34.5 Å². The van der Waals surface area contributed by atoms with Crippen LogP contribution in [0.15, 0.2) is 42.7 Å². The van der Waals surface area contributed by atoms with Crippen molar-refractivity contribution in [2.45, 2.75) is 32.0 Å². The van der Waals surface area contributed by atoms with Gasteiger partial charge in [-0.25, -0.2) is 14.4 Å². The molecule has 0 saturated carbocycles. The molecule has 2 atom stereocenters. The van der Waals surface area contributed by atoms with Crippen molar-refractivity contribution in [1.29, 1.82) is 0 Å². The van der Waals surface area contributed by atoms with E-state index in [1.165, 1.54) is 26.6 Å². The first-order valence-corrected chi connectivity index (χ1v) is 12.9. The summed E-state index contributed by atoms with van der Waals surface area (Å²) in [6.45, 7) is 2.28. The molecule has 4 heterocycles. The average molecular weight is 552 g/mol. The summed E-state index contributed by atoms with van der Waals surface area (Å²) in [5, 5.41) is 5.82. The smallest absolute Gasteiger partial charge is 0.258 e. The van der Waals surface area contributed by atoms with E-state index in [9.17, 15) is 9.59 Å². The molecule has 0 radical (unpaired) electrons. The van der Waals surface area contributed by atoms with Gasteiger partial charge < -0.3 is 34.5 Å². The summed E-state index contributed by atoms with van der Waals surface area (Å²) in [4.78, 5) is 35.8. The third-order valence-corrected chi connectivity index (χ3v) is 6.84. The maximum atomic E-state index is 15.2. The van der Waals surface area contributed by atoms with Crippen molar-refractivity contribution in [3.63, 3.8) is 0 Å². The lowest BCUT2D eigenvalue weighted by Crippen LogP contribution is -2.45. The molecule has 11 nitrogen and oxygen atoms in total. The van der Waals surface area contributed by atoms with Crippen LogP contribution in [0.3, 0.4) is 0 Å². The summed E-state index contributed by atoms with van der Waals surface area (Å²) in [5.74, 6) is 0.426. The van der Waals surface area contributed by atoms with Gasteiger partial charge in [0, 0.05) is 18.7 Å². The first-order chi connectivity index (χ1) is 19.4. The quantitative estimate of drug-likeness (QED) is 0.503. The Balaban J connectivity index is 1.52. The van der Waals surface area contributed by atoms with Gasteiger partial charge in [-0.3, -0.25) is 9.59 Å². The molecule has 6 rings (SSSR count). The Labute approximate surface area is 230 Å². The summed E-state index contributed by atoms with van der Waals surface area (Å²) in [6, 6.07) is 9.47. The fourth-order valence-electron chi connectivity index (χ4n) is 4.73. The second-order valence-electron chi connectivity index (χ2n) is 9.37. The Bertz CT molecular complexity index is 1420. The molecule has 0 spiro atoms. The van der Waals surface area contributed by atoms with Gasteiger partial charge in [-0.1, -0.05) is 13.0 Å². The molecule has 2 amide bonds. The summed E-state index contributed by atoms with van der Waals surface area (Å²) >= 11 is 0. The summed E-state index contributed by atoms with van der Waals surface area (Å²) < 4.78 is 38.2. The third-order valence-electron chi connectivity index (χ3n) is 6.84. The standard InChI is InChI=1S/C28H30FN5O6/c1-4-18-26(29)27(32-15-31-18)34-12-19-24(13-34)40-21-7-5-16(9-22(21)38-3)11-30-25(35)14-39-23-10-17(28(36)33-19)6-8-20(23)37-2/h5-10,15,19,24H,4,11-14H2,1-3H3,(H,30,35)(H,33,36)/t19-,24-/m0/s1. The van der Waals surface area contributed by atoms with Crippen molar-refractivity contribution in [2.75, 3.05) is 38.8 Å². The number of carbonyl (C=O) groups excluding carboxylic acids is 2. The number of anilines is 1. The Hall–Kier alpha value is -4.61. The number of aryl methyl sites for hydroxylation is 1. The highest BCUT2D eigenvalue weighted by atomic mass is 19.1. The molecule has 3 aliphatic rings. The lowest BCUT2D eigenvalue weighted by molar-refractivity contribution is -0.123. The Kier molecular flexibility index (Phi) is 7.85. The zero-order chi connectivity index (χ0) is 28.2. The predicted molar refractivity (Wildman–Crippen MR) is 143 cm³/mol. The first-order valence-electron chi connectivity index (χ1n) is 12.9. The van der Waals surface area contributed by atoms with Crippen molar-refractivity contribution < 1.29 is 32.9 Å². The number of rotatable bonds is 4. The molecule has 1 aromatic heterocycles. The Morgan fingerprint density at radius 2 is 1.88 bits per heavy atom. The molecular formula is C28H30FN5O6. The van der Waals surface area contributed by atoms with Gasteiger partial charge in [-0.05, 0) is 42.3 Å². The average Bonchev–Trinajstić information content (AvgIpc) is 3.36. The van der Waals surface area contributed by atoms with E-state index in [2.05, 4.69) is 20.6 Å². The van der Waals surface area contributed by atoms with E-state index in [-0.39, 0.29) is 43.7 Å².